The van der Waals surface area contributed by atoms with E-state index in [-0.39, 0.29) is 24.6 Å². The molecular weight excluding hydrogens is 424 g/mol. The fourth-order valence-corrected chi connectivity index (χ4v) is 4.01. The molecule has 2 atom stereocenters. The van der Waals surface area contributed by atoms with Crippen LogP contribution in [0.5, 0.6) is 5.75 Å². The molecule has 0 fully saturated rings. The highest BCUT2D eigenvalue weighted by Crippen LogP contribution is 2.35. The molecular formula is C22H24BrClN2O. The molecule has 0 saturated carbocycles. The van der Waals surface area contributed by atoms with Crippen molar-refractivity contribution in [3.63, 3.8) is 0 Å². The van der Waals surface area contributed by atoms with Gasteiger partial charge in [0.2, 0.25) is 0 Å². The van der Waals surface area contributed by atoms with Crippen LogP contribution in [0.4, 0.5) is 5.69 Å². The summed E-state index contributed by atoms with van der Waals surface area (Å²) in [4.78, 5) is 2.26. The fraction of sp³-hybridized carbons (Fsp3) is 0.273. The standard InChI is InChI=1S/C22H23BrN2O.ClH/c1-15(19-9-5-7-16-6-3-4-8-20(16)19)24-13-18-14-25(2)21-11-10-17(23)12-22(21)26-18;/h3-12,15,18,24H,13-14H2,1-2H3;1H/t15-,18?;/m1./s1. The molecule has 1 unspecified atom stereocenters. The Bertz CT molecular complexity index is 928. The van der Waals surface area contributed by atoms with Crippen LogP contribution in [0.15, 0.2) is 65.1 Å². The Kier molecular flexibility index (Phi) is 6.30. The molecule has 0 saturated heterocycles. The molecule has 0 amide bonds. The van der Waals surface area contributed by atoms with E-state index >= 15 is 0 Å². The molecule has 142 valence electrons. The Balaban J connectivity index is 0.00000210. The van der Waals surface area contributed by atoms with Crippen molar-refractivity contribution in [3.8, 4) is 5.75 Å². The van der Waals surface area contributed by atoms with Gasteiger partial charge >= 0.3 is 0 Å². The van der Waals surface area contributed by atoms with E-state index in [2.05, 4.69) is 94.7 Å². The summed E-state index contributed by atoms with van der Waals surface area (Å²) in [6, 6.07) is 21.5. The number of fused-ring (bicyclic) bond motifs is 2. The summed E-state index contributed by atoms with van der Waals surface area (Å²) in [6.45, 7) is 3.91. The smallest absolute Gasteiger partial charge is 0.144 e. The average Bonchev–Trinajstić information content (AvgIpc) is 2.65. The highest BCUT2D eigenvalue weighted by atomic mass is 79.9. The summed E-state index contributed by atoms with van der Waals surface area (Å²) in [5.74, 6) is 0.942. The molecule has 1 N–H and O–H groups in total. The van der Waals surface area contributed by atoms with Crippen LogP contribution < -0.4 is 15.0 Å². The monoisotopic (exact) mass is 446 g/mol. The summed E-state index contributed by atoms with van der Waals surface area (Å²) in [7, 11) is 2.12. The van der Waals surface area contributed by atoms with Gasteiger partial charge in [-0.15, -0.1) is 12.4 Å². The van der Waals surface area contributed by atoms with Crippen LogP contribution in [0.2, 0.25) is 0 Å². The van der Waals surface area contributed by atoms with E-state index in [1.54, 1.807) is 0 Å². The van der Waals surface area contributed by atoms with E-state index in [1.807, 2.05) is 6.07 Å². The number of nitrogens with one attached hydrogen (secondary N) is 1. The minimum absolute atomic E-state index is 0. The maximum Gasteiger partial charge on any atom is 0.144 e. The number of likely N-dealkylation sites (N-methyl/N-ethyl adjacent to an activating group) is 1. The minimum Gasteiger partial charge on any atom is -0.485 e. The van der Waals surface area contributed by atoms with Gasteiger partial charge < -0.3 is 15.0 Å². The van der Waals surface area contributed by atoms with Crippen LogP contribution >= 0.6 is 28.3 Å². The second-order valence-electron chi connectivity index (χ2n) is 6.93. The van der Waals surface area contributed by atoms with Gasteiger partial charge in [-0.3, -0.25) is 0 Å². The maximum atomic E-state index is 6.22. The zero-order chi connectivity index (χ0) is 18.1. The second kappa shape index (κ2) is 8.51. The van der Waals surface area contributed by atoms with Crippen molar-refractivity contribution < 1.29 is 4.74 Å². The zero-order valence-electron chi connectivity index (χ0n) is 15.5. The number of rotatable bonds is 4. The number of halogens is 2. The number of hydrogen-bond acceptors (Lipinski definition) is 3. The number of benzene rings is 3. The minimum atomic E-state index is 0. The molecule has 0 aromatic heterocycles. The van der Waals surface area contributed by atoms with E-state index < -0.39 is 0 Å². The van der Waals surface area contributed by atoms with Crippen molar-refractivity contribution in [1.82, 2.24) is 5.32 Å². The summed E-state index contributed by atoms with van der Waals surface area (Å²) in [5.41, 5.74) is 2.47. The third-order valence-electron chi connectivity index (χ3n) is 5.05. The van der Waals surface area contributed by atoms with E-state index in [0.717, 1.165) is 29.0 Å². The molecule has 27 heavy (non-hydrogen) atoms. The second-order valence-corrected chi connectivity index (χ2v) is 7.85. The van der Waals surface area contributed by atoms with Crippen LogP contribution in [0.3, 0.4) is 0 Å². The van der Waals surface area contributed by atoms with Gasteiger partial charge in [-0.05, 0) is 41.5 Å². The normalized spacial score (nSPS) is 17.0. The third-order valence-corrected chi connectivity index (χ3v) is 5.54. The highest BCUT2D eigenvalue weighted by molar-refractivity contribution is 9.10. The van der Waals surface area contributed by atoms with Crippen LogP contribution in [-0.2, 0) is 0 Å². The Hall–Kier alpha value is -1.75. The number of hydrogen-bond donors (Lipinski definition) is 1. The van der Waals surface area contributed by atoms with Crippen LogP contribution in [0, 0.1) is 0 Å². The van der Waals surface area contributed by atoms with Gasteiger partial charge in [0.1, 0.15) is 11.9 Å². The zero-order valence-corrected chi connectivity index (χ0v) is 17.9. The van der Waals surface area contributed by atoms with Crippen LogP contribution in [0.25, 0.3) is 10.8 Å². The van der Waals surface area contributed by atoms with E-state index in [0.29, 0.717) is 0 Å². The first kappa shape index (κ1) is 20.0. The molecule has 1 aliphatic rings. The van der Waals surface area contributed by atoms with Crippen LogP contribution in [-0.4, -0.2) is 26.2 Å². The van der Waals surface area contributed by atoms with Gasteiger partial charge in [-0.1, -0.05) is 58.4 Å². The largest absolute Gasteiger partial charge is 0.485 e. The highest BCUT2D eigenvalue weighted by Gasteiger charge is 2.24. The first-order valence-corrected chi connectivity index (χ1v) is 9.79. The molecule has 3 nitrogen and oxygen atoms in total. The van der Waals surface area contributed by atoms with Gasteiger partial charge in [-0.2, -0.15) is 0 Å². The van der Waals surface area contributed by atoms with Crippen molar-refractivity contribution in [2.45, 2.75) is 19.1 Å². The van der Waals surface area contributed by atoms with Crippen LogP contribution in [0.1, 0.15) is 18.5 Å². The number of anilines is 1. The molecule has 1 heterocycles. The van der Waals surface area contributed by atoms with Crippen molar-refractivity contribution in [2.24, 2.45) is 0 Å². The lowest BCUT2D eigenvalue weighted by Gasteiger charge is -2.34. The van der Waals surface area contributed by atoms with Gasteiger partial charge in [0.15, 0.2) is 0 Å². The van der Waals surface area contributed by atoms with Gasteiger partial charge in [0, 0.05) is 24.1 Å². The Morgan fingerprint density at radius 1 is 1.15 bits per heavy atom. The Labute approximate surface area is 175 Å². The molecule has 3 aromatic carbocycles. The SMILES string of the molecule is C[C@@H](NCC1CN(C)c2ccc(Br)cc2O1)c1cccc2ccccc12.Cl. The van der Waals surface area contributed by atoms with Crippen molar-refractivity contribution in [3.05, 3.63) is 70.7 Å². The predicted octanol–water partition coefficient (Wildman–Crippen LogP) is 5.57. The summed E-state index contributed by atoms with van der Waals surface area (Å²) in [5, 5.41) is 6.26. The molecule has 3 aromatic rings. The molecule has 0 bridgehead atoms. The molecule has 1 aliphatic heterocycles. The lowest BCUT2D eigenvalue weighted by Crippen LogP contribution is -2.44. The molecule has 5 heteroatoms. The quantitative estimate of drug-likeness (QED) is 0.565. The fourth-order valence-electron chi connectivity index (χ4n) is 3.67. The Morgan fingerprint density at radius 3 is 2.78 bits per heavy atom. The topological polar surface area (TPSA) is 24.5 Å². The average molecular weight is 448 g/mol. The Morgan fingerprint density at radius 2 is 1.93 bits per heavy atom. The first-order valence-electron chi connectivity index (χ1n) is 9.00. The first-order chi connectivity index (χ1) is 12.6. The maximum absolute atomic E-state index is 6.22. The van der Waals surface area contributed by atoms with Gasteiger partial charge in [0.25, 0.3) is 0 Å². The van der Waals surface area contributed by atoms with Crippen molar-refractivity contribution >= 4 is 44.8 Å². The van der Waals surface area contributed by atoms with E-state index in [4.69, 9.17) is 4.74 Å². The summed E-state index contributed by atoms with van der Waals surface area (Å²) >= 11 is 3.53. The van der Waals surface area contributed by atoms with Crippen molar-refractivity contribution in [2.75, 3.05) is 25.0 Å². The predicted molar refractivity (Wildman–Crippen MR) is 119 cm³/mol. The van der Waals surface area contributed by atoms with Gasteiger partial charge in [-0.25, -0.2) is 0 Å². The lowest BCUT2D eigenvalue weighted by atomic mass is 9.99. The molecule has 0 radical (unpaired) electrons. The molecule has 4 rings (SSSR count). The summed E-state index contributed by atoms with van der Waals surface area (Å²) < 4.78 is 7.27. The molecule has 0 spiro atoms. The van der Waals surface area contributed by atoms with Gasteiger partial charge in [0.05, 0.1) is 12.2 Å². The van der Waals surface area contributed by atoms with Crippen molar-refractivity contribution in [1.29, 1.82) is 0 Å². The third kappa shape index (κ3) is 4.23. The lowest BCUT2D eigenvalue weighted by molar-refractivity contribution is 0.188. The van der Waals surface area contributed by atoms with E-state index in [1.165, 1.54) is 16.3 Å². The number of ether oxygens (including phenoxy) is 1. The molecule has 0 aliphatic carbocycles. The van der Waals surface area contributed by atoms with E-state index in [9.17, 15) is 0 Å². The number of nitrogens with zero attached hydrogens (tertiary/aromatic N) is 1. The summed E-state index contributed by atoms with van der Waals surface area (Å²) in [6.07, 6.45) is 0.124.